The van der Waals surface area contributed by atoms with Crippen molar-refractivity contribution in [3.8, 4) is 17.5 Å². The lowest BCUT2D eigenvalue weighted by atomic mass is 9.99. The number of ether oxygens (including phenoxy) is 1. The van der Waals surface area contributed by atoms with Crippen molar-refractivity contribution in [3.05, 3.63) is 41.0 Å². The van der Waals surface area contributed by atoms with Crippen LogP contribution in [0.25, 0.3) is 0 Å². The fraction of sp³-hybridized carbons (Fsp3) is 0.556. The molecule has 0 saturated heterocycles. The number of nitrogens with zero attached hydrogens (tertiary/aromatic N) is 1. The van der Waals surface area contributed by atoms with Crippen molar-refractivity contribution in [1.29, 1.82) is 0 Å². The molecule has 0 unspecified atom stereocenters. The van der Waals surface area contributed by atoms with Gasteiger partial charge in [-0.05, 0) is 49.3 Å². The average Bonchev–Trinajstić information content (AvgIpc) is 3.08. The zero-order valence-electron chi connectivity index (χ0n) is 21.8. The van der Waals surface area contributed by atoms with Crippen molar-refractivity contribution in [2.24, 2.45) is 5.92 Å². The Morgan fingerprint density at radius 1 is 1.00 bits per heavy atom. The van der Waals surface area contributed by atoms with E-state index in [2.05, 4.69) is 19.2 Å². The van der Waals surface area contributed by atoms with Crippen molar-refractivity contribution in [2.45, 2.75) is 78.2 Å². The first kappa shape index (κ1) is 29.0. The van der Waals surface area contributed by atoms with Crippen LogP contribution >= 0.6 is 0 Å². The summed E-state index contributed by atoms with van der Waals surface area (Å²) in [5, 5.41) is 33.9. The van der Waals surface area contributed by atoms with Gasteiger partial charge in [0.25, 0.3) is 0 Å². The Balaban J connectivity index is 2.29. The minimum Gasteiger partial charge on any atom is -0.497 e. The number of rotatable bonds is 15. The Morgan fingerprint density at radius 2 is 1.67 bits per heavy atom. The van der Waals surface area contributed by atoms with E-state index in [1.807, 2.05) is 31.2 Å². The predicted molar refractivity (Wildman–Crippen MR) is 137 cm³/mol. The molecule has 200 valence electrons. The number of benzene rings is 1. The second-order valence-electron chi connectivity index (χ2n) is 9.53. The average molecular weight is 504 g/mol. The summed E-state index contributed by atoms with van der Waals surface area (Å²) in [6.07, 6.45) is 4.44. The zero-order valence-corrected chi connectivity index (χ0v) is 21.8. The van der Waals surface area contributed by atoms with Crippen molar-refractivity contribution < 1.29 is 29.7 Å². The monoisotopic (exact) mass is 503 g/mol. The van der Waals surface area contributed by atoms with Gasteiger partial charge in [-0.1, -0.05) is 45.7 Å². The molecule has 0 fully saturated rings. The Labute approximate surface area is 213 Å². The number of carbonyl (C=O) groups excluding carboxylic acids is 2. The fourth-order valence-corrected chi connectivity index (χ4v) is 4.35. The highest BCUT2D eigenvalue weighted by Crippen LogP contribution is 2.40. The number of carbonyl (C=O) groups is 2. The molecule has 2 rings (SSSR count). The van der Waals surface area contributed by atoms with Crippen molar-refractivity contribution in [1.82, 2.24) is 15.4 Å². The highest BCUT2D eigenvalue weighted by molar-refractivity contribution is 5.81. The van der Waals surface area contributed by atoms with Gasteiger partial charge < -0.3 is 20.3 Å². The third-order valence-electron chi connectivity index (χ3n) is 6.18. The molecule has 1 atom stereocenters. The lowest BCUT2D eigenvalue weighted by Crippen LogP contribution is -2.34. The molecule has 0 aliphatic rings. The van der Waals surface area contributed by atoms with Crippen LogP contribution in [0.4, 0.5) is 0 Å². The number of aromatic hydroxyl groups is 2. The predicted octanol–water partition coefficient (Wildman–Crippen LogP) is 4.02. The summed E-state index contributed by atoms with van der Waals surface area (Å²) in [6, 6.07) is 6.51. The SMILES string of the molecule is CCCc1c(CC(C)C)c(O)n([C@@H](Cc2ccc(OC)cc2)C(=O)NCCCCCC(=O)NO)c1O. The van der Waals surface area contributed by atoms with Crippen LogP contribution in [0.5, 0.6) is 17.5 Å². The number of amides is 2. The normalized spacial score (nSPS) is 11.9. The summed E-state index contributed by atoms with van der Waals surface area (Å²) in [6.45, 7) is 6.51. The third-order valence-corrected chi connectivity index (χ3v) is 6.18. The van der Waals surface area contributed by atoms with Crippen LogP contribution in [0.1, 0.15) is 75.6 Å². The second-order valence-corrected chi connectivity index (χ2v) is 9.53. The minimum absolute atomic E-state index is 0.0614. The molecule has 0 aliphatic carbocycles. The summed E-state index contributed by atoms with van der Waals surface area (Å²) in [4.78, 5) is 24.5. The molecule has 0 saturated carbocycles. The lowest BCUT2D eigenvalue weighted by Gasteiger charge is -2.21. The summed E-state index contributed by atoms with van der Waals surface area (Å²) in [7, 11) is 1.59. The molecular weight excluding hydrogens is 462 g/mol. The Bertz CT molecular complexity index is 984. The van der Waals surface area contributed by atoms with E-state index in [1.165, 1.54) is 4.57 Å². The van der Waals surface area contributed by atoms with Gasteiger partial charge in [0.05, 0.1) is 7.11 Å². The molecule has 1 aromatic heterocycles. The van der Waals surface area contributed by atoms with Gasteiger partial charge >= 0.3 is 0 Å². The number of aromatic nitrogens is 1. The van der Waals surface area contributed by atoms with E-state index in [1.54, 1.807) is 12.6 Å². The van der Waals surface area contributed by atoms with E-state index >= 15 is 0 Å². The number of hydrogen-bond donors (Lipinski definition) is 5. The van der Waals surface area contributed by atoms with Gasteiger partial charge in [0.1, 0.15) is 11.8 Å². The highest BCUT2D eigenvalue weighted by atomic mass is 16.5. The van der Waals surface area contributed by atoms with Gasteiger partial charge in [0.2, 0.25) is 11.8 Å². The smallest absolute Gasteiger partial charge is 0.243 e. The van der Waals surface area contributed by atoms with Gasteiger partial charge in [-0.15, -0.1) is 0 Å². The standard InChI is InChI=1S/C27H41N3O6/c1-5-9-21-22(16-18(2)3)27(34)30(26(21)33)23(17-19-11-13-20(36-4)14-12-19)25(32)28-15-8-6-7-10-24(31)29-35/h11-14,18,23,33-35H,5-10,15-17H2,1-4H3,(H,28,32)(H,29,31)/t23-/m0/s1. The molecule has 9 heteroatoms. The Hall–Kier alpha value is -3.20. The van der Waals surface area contributed by atoms with Gasteiger partial charge in [0, 0.05) is 30.5 Å². The number of nitrogens with one attached hydrogen (secondary N) is 2. The van der Waals surface area contributed by atoms with E-state index in [-0.39, 0.29) is 36.4 Å². The molecular formula is C27H41N3O6. The number of hydroxylamine groups is 1. The van der Waals surface area contributed by atoms with Gasteiger partial charge in [-0.25, -0.2) is 5.48 Å². The lowest BCUT2D eigenvalue weighted by molar-refractivity contribution is -0.129. The molecule has 0 bridgehead atoms. The quantitative estimate of drug-likeness (QED) is 0.142. The van der Waals surface area contributed by atoms with Gasteiger partial charge in [0.15, 0.2) is 11.8 Å². The summed E-state index contributed by atoms with van der Waals surface area (Å²) in [5.41, 5.74) is 3.86. The first-order valence-electron chi connectivity index (χ1n) is 12.7. The van der Waals surface area contributed by atoms with E-state index in [4.69, 9.17) is 9.94 Å². The van der Waals surface area contributed by atoms with Crippen LogP contribution in [0.15, 0.2) is 24.3 Å². The van der Waals surface area contributed by atoms with Gasteiger partial charge in [-0.3, -0.25) is 19.4 Å². The number of unbranched alkanes of at least 4 members (excludes halogenated alkanes) is 2. The molecule has 2 amide bonds. The summed E-state index contributed by atoms with van der Waals surface area (Å²) >= 11 is 0. The van der Waals surface area contributed by atoms with Gasteiger partial charge in [-0.2, -0.15) is 0 Å². The largest absolute Gasteiger partial charge is 0.497 e. The molecule has 0 radical (unpaired) electrons. The van der Waals surface area contributed by atoms with Crippen molar-refractivity contribution in [2.75, 3.05) is 13.7 Å². The molecule has 9 nitrogen and oxygen atoms in total. The van der Waals surface area contributed by atoms with Crippen LogP contribution in [-0.2, 0) is 28.9 Å². The maximum Gasteiger partial charge on any atom is 0.243 e. The van der Waals surface area contributed by atoms with E-state index in [0.29, 0.717) is 55.5 Å². The molecule has 0 aliphatic heterocycles. The Morgan fingerprint density at radius 3 is 2.25 bits per heavy atom. The maximum absolute atomic E-state index is 13.4. The van der Waals surface area contributed by atoms with Crippen molar-refractivity contribution >= 4 is 11.8 Å². The van der Waals surface area contributed by atoms with Crippen LogP contribution < -0.4 is 15.5 Å². The van der Waals surface area contributed by atoms with Crippen LogP contribution in [0.2, 0.25) is 0 Å². The molecule has 1 heterocycles. The number of methoxy groups -OCH3 is 1. The summed E-state index contributed by atoms with van der Waals surface area (Å²) < 4.78 is 6.60. The molecule has 1 aromatic carbocycles. The molecule has 0 spiro atoms. The van der Waals surface area contributed by atoms with E-state index < -0.39 is 11.9 Å². The second kappa shape index (κ2) is 14.4. The molecule has 2 aromatic rings. The minimum atomic E-state index is -0.852. The third kappa shape index (κ3) is 7.91. The topological polar surface area (TPSA) is 133 Å². The summed E-state index contributed by atoms with van der Waals surface area (Å²) in [5.74, 6) is 0.104. The molecule has 5 N–H and O–H groups in total. The zero-order chi connectivity index (χ0) is 26.7. The Kier molecular flexibility index (Phi) is 11.6. The first-order valence-corrected chi connectivity index (χ1v) is 12.7. The van der Waals surface area contributed by atoms with Crippen LogP contribution in [0, 0.1) is 5.92 Å². The van der Waals surface area contributed by atoms with Crippen LogP contribution in [-0.4, -0.2) is 45.5 Å². The number of hydrogen-bond acceptors (Lipinski definition) is 6. The highest BCUT2D eigenvalue weighted by Gasteiger charge is 2.31. The fourth-order valence-electron chi connectivity index (χ4n) is 4.35. The van der Waals surface area contributed by atoms with E-state index in [9.17, 15) is 19.8 Å². The molecule has 36 heavy (non-hydrogen) atoms. The first-order chi connectivity index (χ1) is 17.2. The van der Waals surface area contributed by atoms with Crippen molar-refractivity contribution in [3.63, 3.8) is 0 Å². The van der Waals surface area contributed by atoms with Crippen LogP contribution in [0.3, 0.4) is 0 Å². The maximum atomic E-state index is 13.4. The van der Waals surface area contributed by atoms with E-state index in [0.717, 1.165) is 12.0 Å².